The minimum atomic E-state index is -3.96. The second kappa shape index (κ2) is 10.8. The maximum absolute atomic E-state index is 13.3. The number of hydrazone groups is 1. The van der Waals surface area contributed by atoms with Crippen LogP contribution in [0, 0.1) is 6.92 Å². The molecule has 0 bridgehead atoms. The quantitative estimate of drug-likeness (QED) is 0.256. The second-order valence-corrected chi connectivity index (χ2v) is 10.5. The number of aryl methyl sites for hydroxylation is 1. The van der Waals surface area contributed by atoms with Gasteiger partial charge in [-0.1, -0.05) is 45.8 Å². The Hall–Kier alpha value is -2.62. The van der Waals surface area contributed by atoms with Gasteiger partial charge in [0.05, 0.1) is 16.8 Å². The van der Waals surface area contributed by atoms with Crippen molar-refractivity contribution in [3.63, 3.8) is 0 Å². The molecular formula is C23H22BrN3O3S2. The molecule has 0 atom stereocenters. The molecule has 166 valence electrons. The van der Waals surface area contributed by atoms with Crippen molar-refractivity contribution in [3.8, 4) is 0 Å². The fourth-order valence-corrected chi connectivity index (χ4v) is 4.89. The maximum atomic E-state index is 13.3. The van der Waals surface area contributed by atoms with Crippen LogP contribution in [0.5, 0.6) is 0 Å². The van der Waals surface area contributed by atoms with Gasteiger partial charge in [-0.05, 0) is 67.3 Å². The summed E-state index contributed by atoms with van der Waals surface area (Å²) in [4.78, 5) is 13.8. The van der Waals surface area contributed by atoms with Gasteiger partial charge in [0.1, 0.15) is 6.54 Å². The van der Waals surface area contributed by atoms with Crippen LogP contribution in [0.1, 0.15) is 11.1 Å². The molecule has 0 heterocycles. The number of anilines is 1. The van der Waals surface area contributed by atoms with E-state index in [0.717, 1.165) is 24.8 Å². The Morgan fingerprint density at radius 1 is 1.03 bits per heavy atom. The lowest BCUT2D eigenvalue weighted by molar-refractivity contribution is -0.119. The Labute approximate surface area is 200 Å². The number of hydrogen-bond donors (Lipinski definition) is 1. The van der Waals surface area contributed by atoms with Crippen molar-refractivity contribution >= 4 is 55.5 Å². The maximum Gasteiger partial charge on any atom is 0.264 e. The summed E-state index contributed by atoms with van der Waals surface area (Å²) >= 11 is 4.98. The molecule has 0 saturated heterocycles. The summed E-state index contributed by atoms with van der Waals surface area (Å²) in [5.74, 6) is -0.555. The fourth-order valence-electron chi connectivity index (χ4n) is 2.79. The van der Waals surface area contributed by atoms with Crippen molar-refractivity contribution in [1.82, 2.24) is 5.43 Å². The zero-order valence-corrected chi connectivity index (χ0v) is 20.7. The molecule has 3 aromatic carbocycles. The first-order valence-corrected chi connectivity index (χ1v) is 13.1. The number of amides is 1. The monoisotopic (exact) mass is 531 g/mol. The third-order valence-electron chi connectivity index (χ3n) is 4.53. The Bertz CT molecular complexity index is 1190. The van der Waals surface area contributed by atoms with E-state index >= 15 is 0 Å². The van der Waals surface area contributed by atoms with Crippen LogP contribution in [-0.4, -0.2) is 33.3 Å². The number of nitrogens with zero attached hydrogens (tertiary/aromatic N) is 2. The first-order valence-electron chi connectivity index (χ1n) is 9.60. The van der Waals surface area contributed by atoms with Crippen LogP contribution in [-0.2, 0) is 14.8 Å². The number of sulfonamides is 1. The van der Waals surface area contributed by atoms with E-state index in [-0.39, 0.29) is 4.90 Å². The van der Waals surface area contributed by atoms with Crippen LogP contribution < -0.4 is 9.73 Å². The highest BCUT2D eigenvalue weighted by Crippen LogP contribution is 2.25. The normalized spacial score (nSPS) is 11.5. The van der Waals surface area contributed by atoms with E-state index < -0.39 is 22.5 Å². The number of benzene rings is 3. The van der Waals surface area contributed by atoms with Gasteiger partial charge in [0.2, 0.25) is 0 Å². The molecule has 1 amide bonds. The summed E-state index contributed by atoms with van der Waals surface area (Å²) in [5.41, 5.74) is 4.55. The number of carbonyl (C=O) groups excluding carboxylic acids is 1. The SMILES string of the molecule is CSc1ccc(/C=N\NC(=O)CN(c2ccc(Br)cc2)S(=O)(=O)c2ccc(C)cc2)cc1. The summed E-state index contributed by atoms with van der Waals surface area (Å²) < 4.78 is 28.5. The Morgan fingerprint density at radius 3 is 2.25 bits per heavy atom. The zero-order valence-electron chi connectivity index (χ0n) is 17.5. The van der Waals surface area contributed by atoms with Crippen molar-refractivity contribution in [3.05, 3.63) is 88.4 Å². The molecule has 0 spiro atoms. The molecule has 0 saturated carbocycles. The first kappa shape index (κ1) is 24.0. The third kappa shape index (κ3) is 6.21. The van der Waals surface area contributed by atoms with Crippen molar-refractivity contribution in [1.29, 1.82) is 0 Å². The largest absolute Gasteiger partial charge is 0.271 e. The van der Waals surface area contributed by atoms with E-state index in [2.05, 4.69) is 26.5 Å². The molecular weight excluding hydrogens is 510 g/mol. The standard InChI is InChI=1S/C23H22BrN3O3S2/c1-17-3-13-22(14-4-17)32(29,30)27(20-9-7-19(24)8-10-20)16-23(28)26-25-15-18-5-11-21(31-2)12-6-18/h3-15H,16H2,1-2H3,(H,26,28)/b25-15-. The summed E-state index contributed by atoms with van der Waals surface area (Å²) in [7, 11) is -3.96. The number of carbonyl (C=O) groups is 1. The molecule has 0 unspecified atom stereocenters. The van der Waals surface area contributed by atoms with Gasteiger partial charge in [-0.25, -0.2) is 13.8 Å². The van der Waals surface area contributed by atoms with Gasteiger partial charge in [-0.15, -0.1) is 11.8 Å². The van der Waals surface area contributed by atoms with Crippen LogP contribution in [0.2, 0.25) is 0 Å². The van der Waals surface area contributed by atoms with Gasteiger partial charge < -0.3 is 0 Å². The average Bonchev–Trinajstić information content (AvgIpc) is 2.79. The number of rotatable bonds is 8. The minimum absolute atomic E-state index is 0.108. The van der Waals surface area contributed by atoms with E-state index in [0.29, 0.717) is 5.69 Å². The van der Waals surface area contributed by atoms with Gasteiger partial charge in [0.25, 0.3) is 15.9 Å². The fraction of sp³-hybridized carbons (Fsp3) is 0.130. The average molecular weight is 532 g/mol. The Morgan fingerprint density at radius 2 is 1.66 bits per heavy atom. The van der Waals surface area contributed by atoms with Crippen LogP contribution in [0.25, 0.3) is 0 Å². The highest BCUT2D eigenvalue weighted by Gasteiger charge is 2.27. The van der Waals surface area contributed by atoms with E-state index in [1.54, 1.807) is 48.2 Å². The highest BCUT2D eigenvalue weighted by atomic mass is 79.9. The smallest absolute Gasteiger partial charge is 0.264 e. The summed E-state index contributed by atoms with van der Waals surface area (Å²) in [6.07, 6.45) is 3.51. The molecule has 32 heavy (non-hydrogen) atoms. The van der Waals surface area contributed by atoms with Crippen LogP contribution in [0.3, 0.4) is 0 Å². The molecule has 1 N–H and O–H groups in total. The van der Waals surface area contributed by atoms with E-state index in [1.165, 1.54) is 18.3 Å². The van der Waals surface area contributed by atoms with Gasteiger partial charge >= 0.3 is 0 Å². The number of thioether (sulfide) groups is 1. The summed E-state index contributed by atoms with van der Waals surface area (Å²) in [6, 6.07) is 20.9. The van der Waals surface area contributed by atoms with Gasteiger partial charge in [0, 0.05) is 9.37 Å². The lowest BCUT2D eigenvalue weighted by atomic mass is 10.2. The van der Waals surface area contributed by atoms with E-state index in [9.17, 15) is 13.2 Å². The summed E-state index contributed by atoms with van der Waals surface area (Å²) in [5, 5.41) is 3.96. The van der Waals surface area contributed by atoms with Crippen molar-refractivity contribution in [2.45, 2.75) is 16.7 Å². The van der Waals surface area contributed by atoms with E-state index in [4.69, 9.17) is 0 Å². The first-order chi connectivity index (χ1) is 15.3. The van der Waals surface area contributed by atoms with Gasteiger partial charge in [-0.3, -0.25) is 9.10 Å². The molecule has 3 aromatic rings. The van der Waals surface area contributed by atoms with Crippen LogP contribution in [0.15, 0.2) is 92.2 Å². The number of halogens is 1. The van der Waals surface area contributed by atoms with Gasteiger partial charge in [-0.2, -0.15) is 5.10 Å². The molecule has 9 heteroatoms. The van der Waals surface area contributed by atoms with Crippen molar-refractivity contribution in [2.24, 2.45) is 5.10 Å². The van der Waals surface area contributed by atoms with Crippen LogP contribution >= 0.6 is 27.7 Å². The molecule has 0 aliphatic rings. The van der Waals surface area contributed by atoms with Crippen LogP contribution in [0.4, 0.5) is 5.69 Å². The number of nitrogens with one attached hydrogen (secondary N) is 1. The molecule has 0 aromatic heterocycles. The number of hydrogen-bond acceptors (Lipinski definition) is 5. The Kier molecular flexibility index (Phi) is 8.11. The molecule has 6 nitrogen and oxygen atoms in total. The molecule has 0 aliphatic carbocycles. The predicted molar refractivity (Wildman–Crippen MR) is 134 cm³/mol. The van der Waals surface area contributed by atoms with Gasteiger partial charge in [0.15, 0.2) is 0 Å². The Balaban J connectivity index is 1.80. The molecule has 0 fully saturated rings. The lowest BCUT2D eigenvalue weighted by Crippen LogP contribution is -2.39. The molecule has 0 radical (unpaired) electrons. The topological polar surface area (TPSA) is 78.8 Å². The van der Waals surface area contributed by atoms with E-state index in [1.807, 2.05) is 37.4 Å². The third-order valence-corrected chi connectivity index (χ3v) is 7.59. The van der Waals surface area contributed by atoms with Crippen molar-refractivity contribution in [2.75, 3.05) is 17.1 Å². The summed E-state index contributed by atoms with van der Waals surface area (Å²) in [6.45, 7) is 1.46. The molecule has 3 rings (SSSR count). The minimum Gasteiger partial charge on any atom is -0.271 e. The second-order valence-electron chi connectivity index (χ2n) is 6.87. The molecule has 0 aliphatic heterocycles. The van der Waals surface area contributed by atoms with Crippen molar-refractivity contribution < 1.29 is 13.2 Å². The zero-order chi connectivity index (χ0) is 23.1. The predicted octanol–water partition coefficient (Wildman–Crippen LogP) is 4.83. The highest BCUT2D eigenvalue weighted by molar-refractivity contribution is 9.10. The lowest BCUT2D eigenvalue weighted by Gasteiger charge is -2.23.